The first-order valence-corrected chi connectivity index (χ1v) is 5.08. The van der Waals surface area contributed by atoms with Gasteiger partial charge < -0.3 is 0 Å². The summed E-state index contributed by atoms with van der Waals surface area (Å²) >= 11 is 0. The molecule has 1 rings (SSSR count). The Morgan fingerprint density at radius 3 is 2.67 bits per heavy atom. The Kier molecular flexibility index (Phi) is 5.09. The van der Waals surface area contributed by atoms with Crippen LogP contribution in [0.1, 0.15) is 23.7 Å². The summed E-state index contributed by atoms with van der Waals surface area (Å²) in [5, 5.41) is 0. The van der Waals surface area contributed by atoms with Crippen molar-refractivity contribution in [2.75, 3.05) is 6.54 Å². The fourth-order valence-corrected chi connectivity index (χ4v) is 1.11. The average molecular weight is 201 g/mol. The molecule has 0 aliphatic carbocycles. The van der Waals surface area contributed by atoms with Crippen molar-refractivity contribution in [2.45, 2.75) is 13.3 Å². The third-order valence-corrected chi connectivity index (χ3v) is 1.88. The Morgan fingerprint density at radius 1 is 1.27 bits per heavy atom. The molecule has 0 aliphatic heterocycles. The fourth-order valence-electron chi connectivity index (χ4n) is 1.11. The van der Waals surface area contributed by atoms with Crippen LogP contribution < -0.4 is 0 Å². The van der Waals surface area contributed by atoms with E-state index in [1.807, 2.05) is 30.4 Å². The molecule has 0 radical (unpaired) electrons. The van der Waals surface area contributed by atoms with Crippen LogP contribution in [0.15, 0.2) is 47.5 Å². The summed E-state index contributed by atoms with van der Waals surface area (Å²) in [6.07, 6.45) is 6.37. The average Bonchev–Trinajstić information content (AvgIpc) is 2.30. The van der Waals surface area contributed by atoms with Crippen LogP contribution in [-0.4, -0.2) is 18.5 Å². The SMILES string of the molecule is CC/C=C\CN=CC(=O)c1ccccc1. The van der Waals surface area contributed by atoms with Crippen LogP contribution in [0.2, 0.25) is 0 Å². The quantitative estimate of drug-likeness (QED) is 0.409. The molecule has 2 heteroatoms. The molecule has 0 amide bonds. The predicted octanol–water partition coefficient (Wildman–Crippen LogP) is 2.91. The van der Waals surface area contributed by atoms with Crippen LogP contribution in [0.4, 0.5) is 0 Å². The number of hydrogen-bond acceptors (Lipinski definition) is 2. The first-order chi connectivity index (χ1) is 7.34. The van der Waals surface area contributed by atoms with Crippen molar-refractivity contribution >= 4 is 12.0 Å². The van der Waals surface area contributed by atoms with Crippen LogP contribution in [0, 0.1) is 0 Å². The van der Waals surface area contributed by atoms with E-state index < -0.39 is 0 Å². The zero-order valence-electron chi connectivity index (χ0n) is 8.89. The number of aliphatic imine (C=N–C) groups is 1. The molecule has 0 atom stereocenters. The van der Waals surface area contributed by atoms with Crippen molar-refractivity contribution in [3.63, 3.8) is 0 Å². The first kappa shape index (κ1) is 11.4. The van der Waals surface area contributed by atoms with Crippen LogP contribution in [0.5, 0.6) is 0 Å². The van der Waals surface area contributed by atoms with Gasteiger partial charge in [0.25, 0.3) is 0 Å². The van der Waals surface area contributed by atoms with Crippen molar-refractivity contribution in [3.8, 4) is 0 Å². The third kappa shape index (κ3) is 4.36. The monoisotopic (exact) mass is 201 g/mol. The molecule has 0 spiro atoms. The highest BCUT2D eigenvalue weighted by Gasteiger charge is 1.98. The molecule has 1 aromatic rings. The molecular weight excluding hydrogens is 186 g/mol. The number of ketones is 1. The third-order valence-electron chi connectivity index (χ3n) is 1.88. The Bertz CT molecular complexity index is 352. The van der Waals surface area contributed by atoms with E-state index in [1.54, 1.807) is 12.1 Å². The highest BCUT2D eigenvalue weighted by Crippen LogP contribution is 1.97. The lowest BCUT2D eigenvalue weighted by molar-refractivity contribution is 0.107. The smallest absolute Gasteiger partial charge is 0.203 e. The minimum Gasteiger partial charge on any atom is -0.288 e. The standard InChI is InChI=1S/C13H15NO/c1-2-3-7-10-14-11-13(15)12-8-5-4-6-9-12/h3-9,11H,2,10H2,1H3/b7-3-,14-11?. The topological polar surface area (TPSA) is 29.4 Å². The molecule has 0 N–H and O–H groups in total. The number of benzene rings is 1. The van der Waals surface area contributed by atoms with Gasteiger partial charge in [0.2, 0.25) is 5.78 Å². The van der Waals surface area contributed by atoms with Gasteiger partial charge in [0.1, 0.15) is 0 Å². The largest absolute Gasteiger partial charge is 0.288 e. The number of nitrogens with zero attached hydrogens (tertiary/aromatic N) is 1. The molecule has 2 nitrogen and oxygen atoms in total. The summed E-state index contributed by atoms with van der Waals surface area (Å²) in [6, 6.07) is 9.15. The molecule has 1 aromatic carbocycles. The van der Waals surface area contributed by atoms with Gasteiger partial charge >= 0.3 is 0 Å². The van der Waals surface area contributed by atoms with Gasteiger partial charge in [-0.15, -0.1) is 0 Å². The molecule has 0 aliphatic rings. The van der Waals surface area contributed by atoms with Crippen molar-refractivity contribution in [2.24, 2.45) is 4.99 Å². The summed E-state index contributed by atoms with van der Waals surface area (Å²) in [7, 11) is 0. The van der Waals surface area contributed by atoms with Gasteiger partial charge in [0.05, 0.1) is 12.8 Å². The second kappa shape index (κ2) is 6.71. The van der Waals surface area contributed by atoms with Gasteiger partial charge in [0, 0.05) is 5.56 Å². The minimum atomic E-state index is -0.0412. The Hall–Kier alpha value is -1.70. The molecule has 15 heavy (non-hydrogen) atoms. The maximum atomic E-state index is 11.5. The number of allylic oxidation sites excluding steroid dienone is 1. The highest BCUT2D eigenvalue weighted by molar-refractivity contribution is 6.35. The van der Waals surface area contributed by atoms with E-state index in [9.17, 15) is 4.79 Å². The normalized spacial score (nSPS) is 11.3. The summed E-state index contributed by atoms with van der Waals surface area (Å²) in [6.45, 7) is 2.64. The fraction of sp³-hybridized carbons (Fsp3) is 0.231. The molecule has 0 unspecified atom stereocenters. The van der Waals surface area contributed by atoms with Gasteiger partial charge in [-0.1, -0.05) is 49.4 Å². The number of rotatable bonds is 5. The molecule has 0 heterocycles. The van der Waals surface area contributed by atoms with Gasteiger partial charge in [-0.3, -0.25) is 9.79 Å². The summed E-state index contributed by atoms with van der Waals surface area (Å²) < 4.78 is 0. The molecule has 0 bridgehead atoms. The van der Waals surface area contributed by atoms with Gasteiger partial charge in [-0.25, -0.2) is 0 Å². The summed E-state index contributed by atoms with van der Waals surface area (Å²) in [5.74, 6) is -0.0412. The highest BCUT2D eigenvalue weighted by atomic mass is 16.1. The van der Waals surface area contributed by atoms with Gasteiger partial charge in [0.15, 0.2) is 0 Å². The Labute approximate surface area is 90.4 Å². The Balaban J connectivity index is 2.46. The van der Waals surface area contributed by atoms with Crippen LogP contribution in [-0.2, 0) is 0 Å². The zero-order valence-corrected chi connectivity index (χ0v) is 8.89. The number of Topliss-reactive ketones (excluding diaryl/α,β-unsaturated/α-hetero) is 1. The molecule has 0 aromatic heterocycles. The van der Waals surface area contributed by atoms with Crippen molar-refractivity contribution in [1.29, 1.82) is 0 Å². The van der Waals surface area contributed by atoms with Crippen LogP contribution in [0.3, 0.4) is 0 Å². The molecular formula is C13H15NO. The van der Waals surface area contributed by atoms with Crippen molar-refractivity contribution in [1.82, 2.24) is 0 Å². The van der Waals surface area contributed by atoms with E-state index in [2.05, 4.69) is 11.9 Å². The number of carbonyl (C=O) groups is 1. The molecule has 0 saturated carbocycles. The maximum absolute atomic E-state index is 11.5. The lowest BCUT2D eigenvalue weighted by Gasteiger charge is -1.92. The van der Waals surface area contributed by atoms with Crippen molar-refractivity contribution < 1.29 is 4.79 Å². The van der Waals surface area contributed by atoms with Crippen LogP contribution >= 0.6 is 0 Å². The number of hydrogen-bond donors (Lipinski definition) is 0. The first-order valence-electron chi connectivity index (χ1n) is 5.08. The lowest BCUT2D eigenvalue weighted by atomic mass is 10.1. The minimum absolute atomic E-state index is 0.0412. The van der Waals surface area contributed by atoms with Crippen LogP contribution in [0.25, 0.3) is 0 Å². The summed E-state index contributed by atoms with van der Waals surface area (Å²) in [4.78, 5) is 15.5. The second-order valence-corrected chi connectivity index (χ2v) is 3.10. The van der Waals surface area contributed by atoms with Gasteiger partial charge in [-0.05, 0) is 6.42 Å². The summed E-state index contributed by atoms with van der Waals surface area (Å²) in [5.41, 5.74) is 0.681. The van der Waals surface area contributed by atoms with Crippen molar-refractivity contribution in [3.05, 3.63) is 48.0 Å². The van der Waals surface area contributed by atoms with E-state index in [1.165, 1.54) is 6.21 Å². The Morgan fingerprint density at radius 2 is 2.00 bits per heavy atom. The van der Waals surface area contributed by atoms with E-state index in [4.69, 9.17) is 0 Å². The van der Waals surface area contributed by atoms with E-state index >= 15 is 0 Å². The molecule has 0 fully saturated rings. The predicted molar refractivity (Wildman–Crippen MR) is 63.6 cm³/mol. The second-order valence-electron chi connectivity index (χ2n) is 3.10. The lowest BCUT2D eigenvalue weighted by Crippen LogP contribution is -1.99. The zero-order chi connectivity index (χ0) is 10.9. The molecule has 78 valence electrons. The van der Waals surface area contributed by atoms with E-state index in [0.717, 1.165) is 6.42 Å². The van der Waals surface area contributed by atoms with E-state index in [0.29, 0.717) is 12.1 Å². The number of carbonyl (C=O) groups excluding carboxylic acids is 1. The molecule has 0 saturated heterocycles. The van der Waals surface area contributed by atoms with E-state index in [-0.39, 0.29) is 5.78 Å². The maximum Gasteiger partial charge on any atom is 0.203 e. The van der Waals surface area contributed by atoms with Gasteiger partial charge in [-0.2, -0.15) is 0 Å².